The summed E-state index contributed by atoms with van der Waals surface area (Å²) in [6.45, 7) is 4.13. The fourth-order valence-electron chi connectivity index (χ4n) is 2.39. The normalized spacial score (nSPS) is 19.0. The second-order valence-corrected chi connectivity index (χ2v) is 6.95. The van der Waals surface area contributed by atoms with Crippen molar-refractivity contribution in [3.63, 3.8) is 0 Å². The van der Waals surface area contributed by atoms with Crippen LogP contribution in [0.1, 0.15) is 25.8 Å². The number of nitrogens with zero attached hydrogens (tertiary/aromatic N) is 2. The molecule has 1 aliphatic heterocycles. The van der Waals surface area contributed by atoms with Gasteiger partial charge in [-0.1, -0.05) is 12.1 Å². The molecule has 0 aromatic heterocycles. The Morgan fingerprint density at radius 2 is 2.05 bits per heavy atom. The molecule has 2 rings (SSSR count). The van der Waals surface area contributed by atoms with Crippen LogP contribution in [0.4, 0.5) is 0 Å². The Morgan fingerprint density at radius 3 is 2.62 bits per heavy atom. The number of nitrogens with one attached hydrogen (secondary N) is 1. The van der Waals surface area contributed by atoms with Crippen LogP contribution in [-0.4, -0.2) is 37.9 Å². The molecule has 1 aliphatic rings. The van der Waals surface area contributed by atoms with Gasteiger partial charge < -0.3 is 4.90 Å². The Bertz CT molecular complexity index is 692. The molecule has 0 radical (unpaired) electrons. The number of likely N-dealkylation sites (tertiary alicyclic amines) is 1. The van der Waals surface area contributed by atoms with Gasteiger partial charge in [-0.2, -0.15) is 5.26 Å². The summed E-state index contributed by atoms with van der Waals surface area (Å²) in [5.74, 6) is -0.0636. The van der Waals surface area contributed by atoms with Gasteiger partial charge in [0.15, 0.2) is 0 Å². The van der Waals surface area contributed by atoms with E-state index in [2.05, 4.69) is 4.72 Å². The second kappa shape index (κ2) is 5.84. The average molecular weight is 307 g/mol. The van der Waals surface area contributed by atoms with E-state index in [0.717, 1.165) is 0 Å². The van der Waals surface area contributed by atoms with Crippen molar-refractivity contribution in [3.8, 4) is 6.07 Å². The minimum Gasteiger partial charge on any atom is -0.339 e. The van der Waals surface area contributed by atoms with Crippen LogP contribution in [0.5, 0.6) is 0 Å². The van der Waals surface area contributed by atoms with Crippen molar-refractivity contribution in [2.45, 2.75) is 37.2 Å². The summed E-state index contributed by atoms with van der Waals surface area (Å²) in [5, 5.41) is 8.99. The molecule has 21 heavy (non-hydrogen) atoms. The maximum absolute atomic E-state index is 12.4. The molecule has 1 unspecified atom stereocenters. The van der Waals surface area contributed by atoms with Crippen molar-refractivity contribution >= 4 is 15.9 Å². The number of nitriles is 1. The summed E-state index contributed by atoms with van der Waals surface area (Å²) in [5.41, 5.74) is 0.0926. The van der Waals surface area contributed by atoms with E-state index in [0.29, 0.717) is 6.54 Å². The SMILES string of the molecule is CC(C)N1CC(NS(=O)(=O)c2ccccc2C#N)CC1=O. The first kappa shape index (κ1) is 15.5. The molecule has 0 bridgehead atoms. The molecule has 7 heteroatoms. The third-order valence-electron chi connectivity index (χ3n) is 3.40. The molecule has 0 spiro atoms. The first-order chi connectivity index (χ1) is 9.85. The van der Waals surface area contributed by atoms with Crippen molar-refractivity contribution in [2.75, 3.05) is 6.54 Å². The zero-order valence-electron chi connectivity index (χ0n) is 11.9. The molecule has 1 atom stereocenters. The number of benzene rings is 1. The van der Waals surface area contributed by atoms with Crippen molar-refractivity contribution < 1.29 is 13.2 Å². The summed E-state index contributed by atoms with van der Waals surface area (Å²) in [6, 6.07) is 7.46. The Balaban J connectivity index is 2.20. The van der Waals surface area contributed by atoms with Crippen LogP contribution < -0.4 is 4.72 Å². The lowest BCUT2D eigenvalue weighted by molar-refractivity contribution is -0.129. The molecule has 1 aromatic carbocycles. The van der Waals surface area contributed by atoms with E-state index in [4.69, 9.17) is 5.26 Å². The van der Waals surface area contributed by atoms with Crippen LogP contribution in [0.2, 0.25) is 0 Å². The summed E-state index contributed by atoms with van der Waals surface area (Å²) in [7, 11) is -3.81. The summed E-state index contributed by atoms with van der Waals surface area (Å²) < 4.78 is 27.2. The predicted molar refractivity (Wildman–Crippen MR) is 76.7 cm³/mol. The molecule has 1 saturated heterocycles. The molecule has 1 aromatic rings. The maximum Gasteiger partial charge on any atom is 0.242 e. The Morgan fingerprint density at radius 1 is 1.38 bits per heavy atom. The van der Waals surface area contributed by atoms with E-state index in [9.17, 15) is 13.2 Å². The minimum absolute atomic E-state index is 0.0402. The number of rotatable bonds is 4. The van der Waals surface area contributed by atoms with E-state index in [1.165, 1.54) is 12.1 Å². The quantitative estimate of drug-likeness (QED) is 0.892. The Hall–Kier alpha value is -1.91. The number of hydrogen-bond acceptors (Lipinski definition) is 4. The lowest BCUT2D eigenvalue weighted by Gasteiger charge is -2.21. The zero-order valence-corrected chi connectivity index (χ0v) is 12.7. The van der Waals surface area contributed by atoms with Gasteiger partial charge in [-0.05, 0) is 26.0 Å². The van der Waals surface area contributed by atoms with Crippen molar-refractivity contribution in [1.82, 2.24) is 9.62 Å². The van der Waals surface area contributed by atoms with Crippen molar-refractivity contribution in [3.05, 3.63) is 29.8 Å². The molecule has 112 valence electrons. The number of hydrogen-bond donors (Lipinski definition) is 1. The van der Waals surface area contributed by atoms with Crippen LogP contribution in [0, 0.1) is 11.3 Å². The molecule has 0 saturated carbocycles. The smallest absolute Gasteiger partial charge is 0.242 e. The Labute approximate surface area is 124 Å². The van der Waals surface area contributed by atoms with Gasteiger partial charge in [0.2, 0.25) is 15.9 Å². The number of carbonyl (C=O) groups is 1. The van der Waals surface area contributed by atoms with Crippen LogP contribution in [0.25, 0.3) is 0 Å². The molecule has 6 nitrogen and oxygen atoms in total. The second-order valence-electron chi connectivity index (χ2n) is 5.27. The maximum atomic E-state index is 12.4. The van der Waals surface area contributed by atoms with Crippen LogP contribution in [-0.2, 0) is 14.8 Å². The van der Waals surface area contributed by atoms with Gasteiger partial charge in [-0.3, -0.25) is 4.79 Å². The fourth-order valence-corrected chi connectivity index (χ4v) is 3.77. The average Bonchev–Trinajstić information content (AvgIpc) is 2.79. The molecular weight excluding hydrogens is 290 g/mol. The topological polar surface area (TPSA) is 90.3 Å². The van der Waals surface area contributed by atoms with Gasteiger partial charge >= 0.3 is 0 Å². The van der Waals surface area contributed by atoms with E-state index in [1.54, 1.807) is 17.0 Å². The van der Waals surface area contributed by atoms with Gasteiger partial charge in [-0.15, -0.1) is 0 Å². The van der Waals surface area contributed by atoms with Gasteiger partial charge in [0.1, 0.15) is 6.07 Å². The minimum atomic E-state index is -3.81. The number of carbonyl (C=O) groups excluding carboxylic acids is 1. The van der Waals surface area contributed by atoms with E-state index in [1.807, 2.05) is 19.9 Å². The van der Waals surface area contributed by atoms with Gasteiger partial charge in [0, 0.05) is 25.0 Å². The molecule has 1 amide bonds. The van der Waals surface area contributed by atoms with E-state index >= 15 is 0 Å². The lowest BCUT2D eigenvalue weighted by Crippen LogP contribution is -2.39. The van der Waals surface area contributed by atoms with Crippen molar-refractivity contribution in [2.24, 2.45) is 0 Å². The van der Waals surface area contributed by atoms with Crippen LogP contribution in [0.15, 0.2) is 29.2 Å². The highest BCUT2D eigenvalue weighted by atomic mass is 32.2. The van der Waals surface area contributed by atoms with Crippen molar-refractivity contribution in [1.29, 1.82) is 5.26 Å². The third-order valence-corrected chi connectivity index (χ3v) is 4.98. The first-order valence-corrected chi connectivity index (χ1v) is 8.14. The molecule has 1 N–H and O–H groups in total. The van der Waals surface area contributed by atoms with Gasteiger partial charge in [-0.25, -0.2) is 13.1 Å². The highest BCUT2D eigenvalue weighted by molar-refractivity contribution is 7.89. The summed E-state index contributed by atoms with van der Waals surface area (Å²) in [6.07, 6.45) is 0.145. The molecule has 0 aliphatic carbocycles. The third kappa shape index (κ3) is 3.23. The van der Waals surface area contributed by atoms with E-state index < -0.39 is 16.1 Å². The number of amides is 1. The van der Waals surface area contributed by atoms with E-state index in [-0.39, 0.29) is 28.8 Å². The summed E-state index contributed by atoms with van der Waals surface area (Å²) in [4.78, 5) is 13.4. The predicted octanol–water partition coefficient (Wildman–Crippen LogP) is 0.846. The standard InChI is InChI=1S/C14H17N3O3S/c1-10(2)17-9-12(7-14(17)18)16-21(19,20)13-6-4-3-5-11(13)8-15/h3-6,10,12,16H,7,9H2,1-2H3. The number of sulfonamides is 1. The monoisotopic (exact) mass is 307 g/mol. The van der Waals surface area contributed by atoms with Gasteiger partial charge in [0.05, 0.1) is 10.5 Å². The summed E-state index contributed by atoms with van der Waals surface area (Å²) >= 11 is 0. The van der Waals surface area contributed by atoms with Crippen LogP contribution >= 0.6 is 0 Å². The lowest BCUT2D eigenvalue weighted by atomic mass is 10.2. The highest BCUT2D eigenvalue weighted by Crippen LogP contribution is 2.19. The van der Waals surface area contributed by atoms with Gasteiger partial charge in [0.25, 0.3) is 0 Å². The largest absolute Gasteiger partial charge is 0.339 e. The molecule has 1 fully saturated rings. The molecule has 1 heterocycles. The van der Waals surface area contributed by atoms with Crippen LogP contribution in [0.3, 0.4) is 0 Å². The Kier molecular flexibility index (Phi) is 4.30. The molecular formula is C14H17N3O3S. The first-order valence-electron chi connectivity index (χ1n) is 6.66. The highest BCUT2D eigenvalue weighted by Gasteiger charge is 2.34. The fraction of sp³-hybridized carbons (Fsp3) is 0.429. The zero-order chi connectivity index (χ0) is 15.6.